The Balaban J connectivity index is 2.42. The number of ether oxygens (including phenoxy) is 1. The van der Waals surface area contributed by atoms with Gasteiger partial charge < -0.3 is 15.4 Å². The zero-order chi connectivity index (χ0) is 12.0. The van der Waals surface area contributed by atoms with Crippen LogP contribution in [-0.2, 0) is 11.3 Å². The highest BCUT2D eigenvalue weighted by molar-refractivity contribution is 6.30. The molecular formula is C11H15ClN2O2. The molecule has 0 aliphatic rings. The molecule has 0 atom stereocenters. The van der Waals surface area contributed by atoms with E-state index < -0.39 is 0 Å². The largest absolute Gasteiger partial charge is 0.445 e. The molecule has 0 unspecified atom stereocenters. The van der Waals surface area contributed by atoms with Crippen molar-refractivity contribution in [3.63, 3.8) is 0 Å². The summed E-state index contributed by atoms with van der Waals surface area (Å²) in [6, 6.07) is 7.20. The van der Waals surface area contributed by atoms with Crippen molar-refractivity contribution >= 4 is 17.7 Å². The molecule has 0 aliphatic carbocycles. The number of benzene rings is 1. The third-order valence-electron chi connectivity index (χ3n) is 2.03. The lowest BCUT2D eigenvalue weighted by atomic mass is 10.2. The number of rotatable bonds is 4. The maximum Gasteiger partial charge on any atom is 0.409 e. The summed E-state index contributed by atoms with van der Waals surface area (Å²) < 4.78 is 5.07. The lowest BCUT2D eigenvalue weighted by Gasteiger charge is -2.15. The van der Waals surface area contributed by atoms with Crippen LogP contribution in [0.5, 0.6) is 0 Å². The third kappa shape index (κ3) is 4.08. The molecule has 1 aromatic rings. The summed E-state index contributed by atoms with van der Waals surface area (Å²) in [5.74, 6) is 0. The third-order valence-corrected chi connectivity index (χ3v) is 2.26. The smallest absolute Gasteiger partial charge is 0.409 e. The van der Waals surface area contributed by atoms with Gasteiger partial charge in [0.1, 0.15) is 6.61 Å². The van der Waals surface area contributed by atoms with Gasteiger partial charge in [0, 0.05) is 25.2 Å². The molecule has 1 amide bonds. The van der Waals surface area contributed by atoms with E-state index in [4.69, 9.17) is 22.1 Å². The van der Waals surface area contributed by atoms with E-state index >= 15 is 0 Å². The summed E-state index contributed by atoms with van der Waals surface area (Å²) in [6.45, 7) is 1.12. The van der Waals surface area contributed by atoms with E-state index in [1.54, 1.807) is 19.2 Å². The molecular weight excluding hydrogens is 228 g/mol. The molecule has 0 heterocycles. The number of halogens is 1. The predicted molar refractivity (Wildman–Crippen MR) is 63.3 cm³/mol. The van der Waals surface area contributed by atoms with E-state index in [0.29, 0.717) is 18.1 Å². The lowest BCUT2D eigenvalue weighted by Crippen LogP contribution is -2.32. The first-order valence-electron chi connectivity index (χ1n) is 4.96. The Kier molecular flexibility index (Phi) is 5.08. The van der Waals surface area contributed by atoms with Crippen LogP contribution >= 0.6 is 11.6 Å². The van der Waals surface area contributed by atoms with E-state index in [2.05, 4.69) is 0 Å². The summed E-state index contributed by atoms with van der Waals surface area (Å²) in [5.41, 5.74) is 6.19. The standard InChI is InChI=1S/C11H15ClN2O2/c1-14(6-5-13)11(15)16-8-9-3-2-4-10(12)7-9/h2-4,7H,5-6,8,13H2,1H3. The number of carbonyl (C=O) groups excluding carboxylic acids is 1. The summed E-state index contributed by atoms with van der Waals surface area (Å²) >= 11 is 5.81. The number of likely N-dealkylation sites (N-methyl/N-ethyl adjacent to an activating group) is 1. The summed E-state index contributed by atoms with van der Waals surface area (Å²) in [5, 5.41) is 0.629. The minimum Gasteiger partial charge on any atom is -0.445 e. The monoisotopic (exact) mass is 242 g/mol. The van der Waals surface area contributed by atoms with Crippen LogP contribution in [0.1, 0.15) is 5.56 Å². The van der Waals surface area contributed by atoms with Gasteiger partial charge in [0.2, 0.25) is 0 Å². The number of nitrogens with zero attached hydrogens (tertiary/aromatic N) is 1. The molecule has 0 fully saturated rings. The zero-order valence-corrected chi connectivity index (χ0v) is 9.91. The molecule has 1 rings (SSSR count). The normalized spacial score (nSPS) is 9.94. The second kappa shape index (κ2) is 6.35. The lowest BCUT2D eigenvalue weighted by molar-refractivity contribution is 0.106. The van der Waals surface area contributed by atoms with Crippen LogP contribution in [0.2, 0.25) is 5.02 Å². The molecule has 0 saturated heterocycles. The van der Waals surface area contributed by atoms with Crippen molar-refractivity contribution in [2.45, 2.75) is 6.61 Å². The van der Waals surface area contributed by atoms with Crippen molar-refractivity contribution in [3.05, 3.63) is 34.9 Å². The molecule has 2 N–H and O–H groups in total. The topological polar surface area (TPSA) is 55.6 Å². The van der Waals surface area contributed by atoms with Gasteiger partial charge in [-0.15, -0.1) is 0 Å². The van der Waals surface area contributed by atoms with Crippen LogP contribution in [-0.4, -0.2) is 31.1 Å². The van der Waals surface area contributed by atoms with Gasteiger partial charge in [0.05, 0.1) is 0 Å². The van der Waals surface area contributed by atoms with Gasteiger partial charge in [0.15, 0.2) is 0 Å². The molecule has 88 valence electrons. The number of hydrogen-bond acceptors (Lipinski definition) is 3. The number of nitrogens with two attached hydrogens (primary N) is 1. The zero-order valence-electron chi connectivity index (χ0n) is 9.15. The van der Waals surface area contributed by atoms with Crippen molar-refractivity contribution in [3.8, 4) is 0 Å². The van der Waals surface area contributed by atoms with Crippen molar-refractivity contribution in [1.82, 2.24) is 4.90 Å². The minimum atomic E-state index is -0.384. The van der Waals surface area contributed by atoms with Crippen molar-refractivity contribution < 1.29 is 9.53 Å². The molecule has 0 aliphatic heterocycles. The number of amides is 1. The van der Waals surface area contributed by atoms with E-state index in [9.17, 15) is 4.79 Å². The van der Waals surface area contributed by atoms with Crippen LogP contribution in [0.3, 0.4) is 0 Å². The van der Waals surface area contributed by atoms with Gasteiger partial charge in [-0.1, -0.05) is 23.7 Å². The van der Waals surface area contributed by atoms with Crippen molar-refractivity contribution in [2.75, 3.05) is 20.1 Å². The quantitative estimate of drug-likeness (QED) is 0.877. The second-order valence-corrected chi connectivity index (χ2v) is 3.83. The van der Waals surface area contributed by atoms with Crippen LogP contribution in [0.25, 0.3) is 0 Å². The fourth-order valence-corrected chi connectivity index (χ4v) is 1.38. The Morgan fingerprint density at radius 1 is 1.56 bits per heavy atom. The summed E-state index contributed by atoms with van der Waals surface area (Å²) in [7, 11) is 1.65. The van der Waals surface area contributed by atoms with Crippen LogP contribution in [0.4, 0.5) is 4.79 Å². The van der Waals surface area contributed by atoms with E-state index in [0.717, 1.165) is 5.56 Å². The molecule has 0 aromatic heterocycles. The van der Waals surface area contributed by atoms with E-state index in [-0.39, 0.29) is 12.7 Å². The average Bonchev–Trinajstić information content (AvgIpc) is 2.26. The molecule has 0 bridgehead atoms. The first kappa shape index (κ1) is 12.8. The van der Waals surface area contributed by atoms with Gasteiger partial charge in [-0.3, -0.25) is 0 Å². The van der Waals surface area contributed by atoms with Crippen molar-refractivity contribution in [1.29, 1.82) is 0 Å². The van der Waals surface area contributed by atoms with Crippen LogP contribution in [0, 0.1) is 0 Å². The maximum atomic E-state index is 11.4. The van der Waals surface area contributed by atoms with Crippen LogP contribution in [0.15, 0.2) is 24.3 Å². The van der Waals surface area contributed by atoms with E-state index in [1.807, 2.05) is 12.1 Å². The van der Waals surface area contributed by atoms with E-state index in [1.165, 1.54) is 4.90 Å². The highest BCUT2D eigenvalue weighted by Crippen LogP contribution is 2.11. The molecule has 5 heteroatoms. The van der Waals surface area contributed by atoms with Gasteiger partial charge in [0.25, 0.3) is 0 Å². The highest BCUT2D eigenvalue weighted by Gasteiger charge is 2.08. The molecule has 0 saturated carbocycles. The fourth-order valence-electron chi connectivity index (χ4n) is 1.17. The van der Waals surface area contributed by atoms with Crippen molar-refractivity contribution in [2.24, 2.45) is 5.73 Å². The molecule has 16 heavy (non-hydrogen) atoms. The van der Waals surface area contributed by atoms with Gasteiger partial charge in [-0.05, 0) is 17.7 Å². The number of hydrogen-bond donors (Lipinski definition) is 1. The first-order valence-corrected chi connectivity index (χ1v) is 5.33. The molecule has 4 nitrogen and oxygen atoms in total. The minimum absolute atomic E-state index is 0.217. The first-order chi connectivity index (χ1) is 7.63. The average molecular weight is 243 g/mol. The van der Waals surface area contributed by atoms with Gasteiger partial charge in [-0.2, -0.15) is 0 Å². The summed E-state index contributed by atoms with van der Waals surface area (Å²) in [6.07, 6.45) is -0.384. The van der Waals surface area contributed by atoms with Crippen LogP contribution < -0.4 is 5.73 Å². The SMILES string of the molecule is CN(CCN)C(=O)OCc1cccc(Cl)c1. The Morgan fingerprint density at radius 3 is 2.94 bits per heavy atom. The Bertz CT molecular complexity index is 358. The molecule has 0 radical (unpaired) electrons. The second-order valence-electron chi connectivity index (χ2n) is 3.39. The van der Waals surface area contributed by atoms with Gasteiger partial charge >= 0.3 is 6.09 Å². The molecule has 1 aromatic carbocycles. The Hall–Kier alpha value is -1.26. The highest BCUT2D eigenvalue weighted by atomic mass is 35.5. The maximum absolute atomic E-state index is 11.4. The molecule has 0 spiro atoms. The Labute approximate surface area is 99.9 Å². The Morgan fingerprint density at radius 2 is 2.31 bits per heavy atom. The predicted octanol–water partition coefficient (Wildman–Crippen LogP) is 1.87. The fraction of sp³-hybridized carbons (Fsp3) is 0.364. The van der Waals surface area contributed by atoms with Gasteiger partial charge in [-0.25, -0.2) is 4.79 Å². The number of carbonyl (C=O) groups is 1. The summed E-state index contributed by atoms with van der Waals surface area (Å²) in [4.78, 5) is 12.8.